The highest BCUT2D eigenvalue weighted by molar-refractivity contribution is 6.75. The number of rotatable bonds is 9. The van der Waals surface area contributed by atoms with E-state index in [9.17, 15) is 14.7 Å². The Hall–Kier alpha value is -2.07. The van der Waals surface area contributed by atoms with Gasteiger partial charge in [-0.05, 0) is 60.9 Å². The van der Waals surface area contributed by atoms with E-state index in [0.717, 1.165) is 5.56 Å². The van der Waals surface area contributed by atoms with Crippen LogP contribution in [0.5, 0.6) is 11.5 Å². The van der Waals surface area contributed by atoms with E-state index in [0.29, 0.717) is 11.5 Å². The smallest absolute Gasteiger partial charge is 0.326 e. The summed E-state index contributed by atoms with van der Waals surface area (Å²) < 4.78 is 13.2. The zero-order valence-electron chi connectivity index (χ0n) is 22.3. The molecule has 0 aliphatic rings. The van der Waals surface area contributed by atoms with Gasteiger partial charge in [0.25, 0.3) is 16.6 Å². The molecule has 0 fully saturated rings. The summed E-state index contributed by atoms with van der Waals surface area (Å²) >= 11 is 0. The molecule has 1 atom stereocenters. The molecule has 1 aromatic carbocycles. The number of hydrogen-bond acceptors (Lipinski definition) is 4. The molecule has 1 amide bonds. The van der Waals surface area contributed by atoms with Crippen LogP contribution < -0.4 is 14.2 Å². The molecule has 0 aromatic heterocycles. The first-order valence-electron chi connectivity index (χ1n) is 11.4. The Labute approximate surface area is 202 Å². The third-order valence-corrected chi connectivity index (χ3v) is 15.5. The molecule has 8 heteroatoms. The Morgan fingerprint density at radius 3 is 1.82 bits per heavy atom. The molecule has 0 saturated heterocycles. The second-order valence-electron chi connectivity index (χ2n) is 11.9. The summed E-state index contributed by atoms with van der Waals surface area (Å²) in [6, 6.07) is 4.52. The van der Waals surface area contributed by atoms with Crippen molar-refractivity contribution < 1.29 is 23.5 Å². The van der Waals surface area contributed by atoms with Crippen molar-refractivity contribution >= 4 is 28.5 Å². The third-order valence-electron chi connectivity index (χ3n) is 6.78. The zero-order valence-corrected chi connectivity index (χ0v) is 24.3. The summed E-state index contributed by atoms with van der Waals surface area (Å²) in [6.45, 7) is 26.9. The molecular weight excluding hydrogens is 450 g/mol. The molecule has 186 valence electrons. The highest BCUT2D eigenvalue weighted by Gasteiger charge is 2.42. The largest absolute Gasteiger partial charge is 0.541 e. The Kier molecular flexibility index (Phi) is 8.82. The van der Waals surface area contributed by atoms with E-state index >= 15 is 0 Å². The number of hydrogen-bond donors (Lipinski definition) is 2. The molecule has 1 unspecified atom stereocenters. The predicted octanol–water partition coefficient (Wildman–Crippen LogP) is 6.14. The molecule has 0 aliphatic heterocycles. The summed E-state index contributed by atoms with van der Waals surface area (Å²) in [7, 11) is -4.31. The summed E-state index contributed by atoms with van der Waals surface area (Å²) in [5.74, 6) is -0.247. The maximum atomic E-state index is 12.0. The quantitative estimate of drug-likeness (QED) is 0.319. The number of nitrogens with one attached hydrogen (secondary N) is 1. The number of aliphatic carboxylic acids is 1. The number of amides is 1. The van der Waals surface area contributed by atoms with E-state index in [1.165, 1.54) is 0 Å². The Morgan fingerprint density at radius 1 is 0.970 bits per heavy atom. The molecule has 33 heavy (non-hydrogen) atoms. The normalized spacial score (nSPS) is 13.8. The SMILES string of the molecule is C=C(C)C(=O)NC(Cc1ccc(O[Si](C)(C)C(C)(C)C)c(O[Si](C)(C)C(C)(C)C)c1)C(=O)O. The van der Waals surface area contributed by atoms with Crippen molar-refractivity contribution in [2.75, 3.05) is 0 Å². The van der Waals surface area contributed by atoms with Gasteiger partial charge in [0.15, 0.2) is 0 Å². The van der Waals surface area contributed by atoms with Gasteiger partial charge in [0.2, 0.25) is 5.91 Å². The fourth-order valence-electron chi connectivity index (χ4n) is 2.42. The van der Waals surface area contributed by atoms with Crippen molar-refractivity contribution in [2.45, 2.75) is 97.2 Å². The Balaban J connectivity index is 3.43. The van der Waals surface area contributed by atoms with Crippen molar-refractivity contribution in [3.8, 4) is 11.5 Å². The first-order valence-corrected chi connectivity index (χ1v) is 17.2. The standard InChI is InChI=1S/C25H43NO5Si2/c1-17(2)22(27)26-19(23(28)29)15-18-13-14-20(30-32(9,10)24(3,4)5)21(16-18)31-33(11,12)25(6,7)8/h13-14,16,19H,1,15H2,2-12H3,(H,26,27)(H,28,29). The predicted molar refractivity (Wildman–Crippen MR) is 140 cm³/mol. The van der Waals surface area contributed by atoms with Crippen molar-refractivity contribution in [1.29, 1.82) is 0 Å². The van der Waals surface area contributed by atoms with Gasteiger partial charge in [-0.2, -0.15) is 0 Å². The molecule has 0 heterocycles. The summed E-state index contributed by atoms with van der Waals surface area (Å²) in [4.78, 5) is 23.8. The van der Waals surface area contributed by atoms with Gasteiger partial charge in [0.1, 0.15) is 17.5 Å². The van der Waals surface area contributed by atoms with Crippen LogP contribution in [0, 0.1) is 0 Å². The highest BCUT2D eigenvalue weighted by Crippen LogP contribution is 2.43. The van der Waals surface area contributed by atoms with Crippen LogP contribution in [0.25, 0.3) is 0 Å². The first kappa shape index (κ1) is 29.0. The Bertz CT molecular complexity index is 895. The van der Waals surface area contributed by atoms with Crippen molar-refractivity contribution in [2.24, 2.45) is 0 Å². The molecule has 0 bridgehead atoms. The molecule has 6 nitrogen and oxygen atoms in total. The van der Waals surface area contributed by atoms with Gasteiger partial charge in [-0.3, -0.25) is 4.79 Å². The molecule has 2 N–H and O–H groups in total. The summed E-state index contributed by atoms with van der Waals surface area (Å²) in [6.07, 6.45) is 0.128. The molecule has 1 rings (SSSR count). The second-order valence-corrected chi connectivity index (χ2v) is 21.3. The van der Waals surface area contributed by atoms with Crippen LogP contribution in [0.1, 0.15) is 54.0 Å². The fourth-order valence-corrected chi connectivity index (χ4v) is 4.46. The van der Waals surface area contributed by atoms with Gasteiger partial charge in [-0.15, -0.1) is 0 Å². The summed E-state index contributed by atoms with van der Waals surface area (Å²) in [5.41, 5.74) is 1.02. The van der Waals surface area contributed by atoms with Gasteiger partial charge < -0.3 is 19.3 Å². The van der Waals surface area contributed by atoms with Gasteiger partial charge in [-0.25, -0.2) is 4.79 Å². The van der Waals surface area contributed by atoms with E-state index in [-0.39, 0.29) is 22.1 Å². The molecule has 1 aromatic rings. The van der Waals surface area contributed by atoms with E-state index in [2.05, 4.69) is 79.6 Å². The van der Waals surface area contributed by atoms with Crippen LogP contribution in [0.3, 0.4) is 0 Å². The number of carboxylic acid groups (broad SMARTS) is 1. The van der Waals surface area contributed by atoms with Crippen LogP contribution in [0.15, 0.2) is 30.4 Å². The highest BCUT2D eigenvalue weighted by atomic mass is 28.4. The minimum Gasteiger partial charge on any atom is -0.541 e. The van der Waals surface area contributed by atoms with E-state index in [4.69, 9.17) is 8.85 Å². The minimum absolute atomic E-state index is 0.0150. The van der Waals surface area contributed by atoms with Crippen molar-refractivity contribution in [3.63, 3.8) is 0 Å². The maximum absolute atomic E-state index is 12.0. The van der Waals surface area contributed by atoms with Gasteiger partial charge in [0.05, 0.1) is 0 Å². The lowest BCUT2D eigenvalue weighted by Gasteiger charge is -2.39. The van der Waals surface area contributed by atoms with Crippen LogP contribution in [-0.4, -0.2) is 39.7 Å². The molecule has 0 spiro atoms. The number of carbonyl (C=O) groups is 2. The summed E-state index contributed by atoms with van der Waals surface area (Å²) in [5, 5.41) is 12.2. The first-order chi connectivity index (χ1) is 14.7. The lowest BCUT2D eigenvalue weighted by atomic mass is 10.0. The molecule has 0 saturated carbocycles. The topological polar surface area (TPSA) is 84.9 Å². The van der Waals surface area contributed by atoms with E-state index in [1.807, 2.05) is 18.2 Å². The van der Waals surface area contributed by atoms with Gasteiger partial charge in [-0.1, -0.05) is 54.2 Å². The van der Waals surface area contributed by atoms with Crippen LogP contribution in [0.2, 0.25) is 36.3 Å². The fraction of sp³-hybridized carbons (Fsp3) is 0.600. The van der Waals surface area contributed by atoms with Crippen LogP contribution >= 0.6 is 0 Å². The molecule has 0 radical (unpaired) electrons. The average Bonchev–Trinajstić information content (AvgIpc) is 2.60. The monoisotopic (exact) mass is 493 g/mol. The zero-order chi connectivity index (χ0) is 26.0. The van der Waals surface area contributed by atoms with E-state index in [1.54, 1.807) is 6.92 Å². The average molecular weight is 494 g/mol. The van der Waals surface area contributed by atoms with Crippen molar-refractivity contribution in [1.82, 2.24) is 5.32 Å². The third kappa shape index (κ3) is 7.74. The molecular formula is C25H43NO5Si2. The Morgan fingerprint density at radius 2 is 1.42 bits per heavy atom. The number of carbonyl (C=O) groups excluding carboxylic acids is 1. The second kappa shape index (κ2) is 10.1. The number of carboxylic acids is 1. The molecule has 0 aliphatic carbocycles. The van der Waals surface area contributed by atoms with Crippen LogP contribution in [0.4, 0.5) is 0 Å². The van der Waals surface area contributed by atoms with Gasteiger partial charge >= 0.3 is 5.97 Å². The van der Waals surface area contributed by atoms with E-state index < -0.39 is 34.6 Å². The lowest BCUT2D eigenvalue weighted by Crippen LogP contribution is -2.46. The van der Waals surface area contributed by atoms with Crippen LogP contribution in [-0.2, 0) is 16.0 Å². The lowest BCUT2D eigenvalue weighted by molar-refractivity contribution is -0.141. The maximum Gasteiger partial charge on any atom is 0.326 e. The number of benzene rings is 1. The van der Waals surface area contributed by atoms with Gasteiger partial charge in [0, 0.05) is 12.0 Å². The van der Waals surface area contributed by atoms with Crippen molar-refractivity contribution in [3.05, 3.63) is 35.9 Å². The minimum atomic E-state index is -2.19.